The van der Waals surface area contributed by atoms with Gasteiger partial charge in [-0.3, -0.25) is 0 Å². The molecule has 0 radical (unpaired) electrons. The van der Waals surface area contributed by atoms with Gasteiger partial charge in [0.1, 0.15) is 23.5 Å². The Morgan fingerprint density at radius 3 is 2.42 bits per heavy atom. The minimum Gasteiger partial charge on any atom is -0.459 e. The normalized spacial score (nSPS) is 20.8. The molecule has 1 aromatic heterocycles. The van der Waals surface area contributed by atoms with Gasteiger partial charge in [0.25, 0.3) is 6.01 Å². The predicted octanol–water partition coefficient (Wildman–Crippen LogP) is 4.06. The highest BCUT2D eigenvalue weighted by Crippen LogP contribution is 2.33. The van der Waals surface area contributed by atoms with E-state index in [0.29, 0.717) is 5.56 Å². The summed E-state index contributed by atoms with van der Waals surface area (Å²) >= 11 is 0. The first-order chi connectivity index (χ1) is 16.0. The van der Waals surface area contributed by atoms with Crippen LogP contribution in [0.2, 0.25) is 0 Å². The number of rotatable bonds is 5. The van der Waals surface area contributed by atoms with E-state index in [0.717, 1.165) is 11.1 Å². The molecule has 5 rings (SSSR count). The number of aromatic amines is 1. The van der Waals surface area contributed by atoms with Gasteiger partial charge in [-0.05, 0) is 16.7 Å². The van der Waals surface area contributed by atoms with Gasteiger partial charge < -0.3 is 24.7 Å². The number of hydrogen-bond acceptors (Lipinski definition) is 5. The zero-order chi connectivity index (χ0) is 22.9. The van der Waals surface area contributed by atoms with Gasteiger partial charge in [0, 0.05) is 12.5 Å². The molecule has 0 bridgehead atoms. The lowest BCUT2D eigenvalue weighted by Crippen LogP contribution is -2.45. The van der Waals surface area contributed by atoms with E-state index >= 15 is 4.39 Å². The van der Waals surface area contributed by atoms with Crippen LogP contribution in [-0.2, 0) is 4.74 Å². The summed E-state index contributed by atoms with van der Waals surface area (Å²) in [6.07, 6.45) is -1.88. The van der Waals surface area contributed by atoms with Crippen LogP contribution in [0.4, 0.5) is 8.78 Å². The Morgan fingerprint density at radius 2 is 1.73 bits per heavy atom. The number of aliphatic hydroxyl groups excluding tert-OH is 2. The third kappa shape index (κ3) is 4.20. The molecule has 0 unspecified atom stereocenters. The van der Waals surface area contributed by atoms with Crippen LogP contribution in [0, 0.1) is 11.6 Å². The van der Waals surface area contributed by atoms with Crippen LogP contribution in [0.15, 0.2) is 60.7 Å². The van der Waals surface area contributed by atoms with Crippen molar-refractivity contribution in [1.29, 1.82) is 0 Å². The molecule has 8 heteroatoms. The maximum Gasteiger partial charge on any atom is 0.295 e. The predicted molar refractivity (Wildman–Crippen MR) is 119 cm³/mol. The van der Waals surface area contributed by atoms with Gasteiger partial charge in [0.2, 0.25) is 0 Å². The van der Waals surface area contributed by atoms with Crippen LogP contribution in [0.5, 0.6) is 6.01 Å². The van der Waals surface area contributed by atoms with Gasteiger partial charge in [-0.2, -0.15) is 4.98 Å². The molecule has 1 fully saturated rings. The highest BCUT2D eigenvalue weighted by atomic mass is 19.1. The first-order valence-corrected chi connectivity index (χ1v) is 10.6. The Labute approximate surface area is 188 Å². The van der Waals surface area contributed by atoms with E-state index in [1.807, 2.05) is 42.5 Å². The fourth-order valence-corrected chi connectivity index (χ4v) is 4.08. The Balaban J connectivity index is 1.42. The number of nitrogens with one attached hydrogen (secondary N) is 1. The Bertz CT molecular complexity index is 1260. The number of aromatic nitrogens is 2. The Kier molecular flexibility index (Phi) is 5.80. The maximum atomic E-state index is 15.3. The standard InChI is InChI=1S/C25H22F2N2O4/c26-18-11-19-24(29-25(28-19)33-17-10-20(31)21(12-30)32-13-17)23(27)22(18)16-8-6-15(7-9-16)14-4-2-1-3-5-14/h1-9,11,17,20-21,30-31H,10,12-13H2,(H,28,29)/t17-,20+,21-/m1/s1. The number of benzene rings is 3. The fourth-order valence-electron chi connectivity index (χ4n) is 4.08. The topological polar surface area (TPSA) is 87.6 Å². The Morgan fingerprint density at radius 1 is 1.03 bits per heavy atom. The average molecular weight is 452 g/mol. The molecule has 3 N–H and O–H groups in total. The number of halogens is 2. The minimum atomic E-state index is -0.891. The molecule has 3 atom stereocenters. The summed E-state index contributed by atoms with van der Waals surface area (Å²) in [6.45, 7) is -0.159. The van der Waals surface area contributed by atoms with Crippen molar-refractivity contribution in [3.05, 3.63) is 72.3 Å². The fraction of sp³-hybridized carbons (Fsp3) is 0.240. The van der Waals surface area contributed by atoms with Gasteiger partial charge in [0.15, 0.2) is 5.82 Å². The summed E-state index contributed by atoms with van der Waals surface area (Å²) in [4.78, 5) is 6.93. The minimum absolute atomic E-state index is 0.00289. The molecular weight excluding hydrogens is 430 g/mol. The summed E-state index contributed by atoms with van der Waals surface area (Å²) in [6, 6.07) is 17.9. The number of fused-ring (bicyclic) bond motifs is 1. The molecule has 1 aliphatic rings. The van der Waals surface area contributed by atoms with Crippen molar-refractivity contribution in [2.75, 3.05) is 13.2 Å². The zero-order valence-corrected chi connectivity index (χ0v) is 17.5. The largest absolute Gasteiger partial charge is 0.459 e. The highest BCUT2D eigenvalue weighted by molar-refractivity contribution is 5.84. The van der Waals surface area contributed by atoms with Gasteiger partial charge >= 0.3 is 0 Å². The van der Waals surface area contributed by atoms with Crippen molar-refractivity contribution >= 4 is 11.0 Å². The van der Waals surface area contributed by atoms with Gasteiger partial charge in [-0.1, -0.05) is 54.6 Å². The van der Waals surface area contributed by atoms with Gasteiger partial charge in [-0.25, -0.2) is 8.78 Å². The summed E-state index contributed by atoms with van der Waals surface area (Å²) < 4.78 is 41.3. The lowest BCUT2D eigenvalue weighted by atomic mass is 9.99. The summed E-state index contributed by atoms with van der Waals surface area (Å²) in [7, 11) is 0. The second-order valence-corrected chi connectivity index (χ2v) is 8.03. The average Bonchev–Trinajstić information content (AvgIpc) is 3.22. The van der Waals surface area contributed by atoms with Gasteiger partial charge in [-0.15, -0.1) is 0 Å². The van der Waals surface area contributed by atoms with Gasteiger partial charge in [0.05, 0.1) is 30.4 Å². The smallest absolute Gasteiger partial charge is 0.295 e. The van der Waals surface area contributed by atoms with E-state index in [-0.39, 0.29) is 42.2 Å². The molecular formula is C25H22F2N2O4. The monoisotopic (exact) mass is 452 g/mol. The maximum absolute atomic E-state index is 15.3. The van der Waals surface area contributed by atoms with E-state index in [2.05, 4.69) is 9.97 Å². The number of aliphatic hydroxyl groups is 2. The second-order valence-electron chi connectivity index (χ2n) is 8.03. The number of H-pyrrole nitrogens is 1. The molecule has 0 saturated carbocycles. The first-order valence-electron chi connectivity index (χ1n) is 10.6. The van der Waals surface area contributed by atoms with Crippen molar-refractivity contribution in [3.63, 3.8) is 0 Å². The molecule has 3 aromatic carbocycles. The quantitative estimate of drug-likeness (QED) is 0.425. The van der Waals surface area contributed by atoms with Crippen molar-refractivity contribution in [2.24, 2.45) is 0 Å². The van der Waals surface area contributed by atoms with Crippen LogP contribution >= 0.6 is 0 Å². The van der Waals surface area contributed by atoms with Crippen molar-refractivity contribution in [1.82, 2.24) is 9.97 Å². The van der Waals surface area contributed by atoms with Crippen molar-refractivity contribution in [2.45, 2.75) is 24.7 Å². The third-order valence-corrected chi connectivity index (χ3v) is 5.82. The lowest BCUT2D eigenvalue weighted by Gasteiger charge is -2.31. The van der Waals surface area contributed by atoms with Crippen LogP contribution in [-0.4, -0.2) is 51.7 Å². The third-order valence-electron chi connectivity index (χ3n) is 5.82. The molecule has 0 amide bonds. The molecule has 0 spiro atoms. The van der Waals surface area contributed by atoms with E-state index in [1.54, 1.807) is 12.1 Å². The lowest BCUT2D eigenvalue weighted by molar-refractivity contribution is -0.131. The molecule has 33 heavy (non-hydrogen) atoms. The first kappa shape index (κ1) is 21.5. The summed E-state index contributed by atoms with van der Waals surface area (Å²) in [5.41, 5.74) is 2.31. The highest BCUT2D eigenvalue weighted by Gasteiger charge is 2.31. The van der Waals surface area contributed by atoms with E-state index in [9.17, 15) is 9.50 Å². The number of hydrogen-bond donors (Lipinski definition) is 3. The molecule has 1 saturated heterocycles. The SMILES string of the molecule is OC[C@H]1OC[C@H](Oc2nc3c(F)c(-c4ccc(-c5ccccc5)cc4)c(F)cc3[nH]2)C[C@@H]1O. The van der Waals surface area contributed by atoms with E-state index < -0.39 is 29.9 Å². The zero-order valence-electron chi connectivity index (χ0n) is 17.5. The van der Waals surface area contributed by atoms with E-state index in [1.165, 1.54) is 6.07 Å². The van der Waals surface area contributed by atoms with Crippen molar-refractivity contribution in [3.8, 4) is 28.3 Å². The summed E-state index contributed by atoms with van der Waals surface area (Å²) in [5, 5.41) is 19.1. The van der Waals surface area contributed by atoms with Crippen LogP contribution in [0.1, 0.15) is 6.42 Å². The van der Waals surface area contributed by atoms with Crippen molar-refractivity contribution < 1.29 is 28.5 Å². The molecule has 170 valence electrons. The van der Waals surface area contributed by atoms with E-state index in [4.69, 9.17) is 14.6 Å². The van der Waals surface area contributed by atoms with Crippen LogP contribution in [0.25, 0.3) is 33.3 Å². The molecule has 4 aromatic rings. The number of imidazole rings is 1. The van der Waals surface area contributed by atoms with Crippen LogP contribution < -0.4 is 4.74 Å². The Hall–Kier alpha value is -3.33. The molecule has 0 aliphatic carbocycles. The number of ether oxygens (including phenoxy) is 2. The number of nitrogens with zero attached hydrogens (tertiary/aromatic N) is 1. The molecule has 1 aliphatic heterocycles. The molecule has 2 heterocycles. The molecule has 6 nitrogen and oxygen atoms in total. The second kappa shape index (κ2) is 8.90. The summed E-state index contributed by atoms with van der Waals surface area (Å²) in [5.74, 6) is -1.51. The van der Waals surface area contributed by atoms with Crippen LogP contribution in [0.3, 0.4) is 0 Å².